The van der Waals surface area contributed by atoms with Gasteiger partial charge in [-0.1, -0.05) is 0 Å². The third kappa shape index (κ3) is 3.81. The molecule has 0 heterocycles. The van der Waals surface area contributed by atoms with Crippen molar-refractivity contribution in [2.45, 2.75) is 51.2 Å². The van der Waals surface area contributed by atoms with Gasteiger partial charge >= 0.3 is 12.4 Å². The molecule has 30 heavy (non-hydrogen) atoms. The van der Waals surface area contributed by atoms with Crippen molar-refractivity contribution < 1.29 is 36.6 Å². The van der Waals surface area contributed by atoms with Gasteiger partial charge in [-0.15, -0.1) is 0 Å². The van der Waals surface area contributed by atoms with Crippen LogP contribution in [0.2, 0.25) is 0 Å². The lowest BCUT2D eigenvalue weighted by Gasteiger charge is -2.30. The molecule has 166 valence electrons. The van der Waals surface area contributed by atoms with E-state index in [1.54, 1.807) is 0 Å². The minimum atomic E-state index is -5.05. The van der Waals surface area contributed by atoms with Gasteiger partial charge in [0, 0.05) is 22.5 Å². The average Bonchev–Trinajstić information content (AvgIpc) is 2.53. The van der Waals surface area contributed by atoms with Crippen molar-refractivity contribution in [3.63, 3.8) is 0 Å². The Labute approximate surface area is 169 Å². The summed E-state index contributed by atoms with van der Waals surface area (Å²) in [6, 6.07) is 4.37. The van der Waals surface area contributed by atoms with Gasteiger partial charge in [-0.2, -0.15) is 26.3 Å². The summed E-state index contributed by atoms with van der Waals surface area (Å²) < 4.78 is 80.0. The van der Waals surface area contributed by atoms with E-state index in [9.17, 15) is 36.6 Å². The van der Waals surface area contributed by atoms with Crippen molar-refractivity contribution in [3.05, 3.63) is 46.5 Å². The van der Waals surface area contributed by atoms with Crippen LogP contribution in [0.3, 0.4) is 0 Å². The van der Waals surface area contributed by atoms with Crippen molar-refractivity contribution in [2.24, 2.45) is 0 Å². The Bertz CT molecular complexity index is 899. The van der Waals surface area contributed by atoms with Crippen LogP contribution in [0.25, 0.3) is 11.1 Å². The van der Waals surface area contributed by atoms with E-state index in [0.29, 0.717) is 25.0 Å². The summed E-state index contributed by atoms with van der Waals surface area (Å²) in [6.45, 7) is 4.09. The number of hydrogen-bond acceptors (Lipinski definition) is 4. The van der Waals surface area contributed by atoms with Gasteiger partial charge in [0.05, 0.1) is 0 Å². The second kappa shape index (κ2) is 7.05. The molecule has 0 radical (unpaired) electrons. The zero-order valence-corrected chi connectivity index (χ0v) is 16.6. The highest BCUT2D eigenvalue weighted by Crippen LogP contribution is 2.46. The van der Waals surface area contributed by atoms with E-state index in [0.717, 1.165) is 12.1 Å². The van der Waals surface area contributed by atoms with Crippen molar-refractivity contribution in [3.8, 4) is 11.1 Å². The number of aliphatic hydroxyl groups is 2. The van der Waals surface area contributed by atoms with Crippen LogP contribution >= 0.6 is 0 Å². The Hall–Kier alpha value is -2.46. The van der Waals surface area contributed by atoms with Crippen LogP contribution in [-0.4, -0.2) is 22.6 Å². The van der Waals surface area contributed by atoms with E-state index in [4.69, 9.17) is 11.5 Å². The molecule has 2 aromatic carbocycles. The monoisotopic (exact) mass is 436 g/mol. The van der Waals surface area contributed by atoms with E-state index in [2.05, 4.69) is 0 Å². The van der Waals surface area contributed by atoms with Crippen molar-refractivity contribution in [2.75, 3.05) is 11.5 Å². The van der Waals surface area contributed by atoms with Crippen LogP contribution in [0.4, 0.5) is 37.7 Å². The van der Waals surface area contributed by atoms with Crippen LogP contribution in [0.15, 0.2) is 24.3 Å². The van der Waals surface area contributed by atoms with Crippen molar-refractivity contribution in [1.82, 2.24) is 0 Å². The molecule has 10 heteroatoms. The molecular formula is C20H22F6N2O2. The second-order valence-corrected chi connectivity index (χ2v) is 7.65. The van der Waals surface area contributed by atoms with E-state index >= 15 is 0 Å². The summed E-state index contributed by atoms with van der Waals surface area (Å²) in [5.74, 6) is 0. The zero-order chi connectivity index (χ0) is 23.4. The maximum Gasteiger partial charge on any atom is 0.421 e. The number of nitrogen functional groups attached to an aromatic ring is 2. The molecule has 0 aliphatic heterocycles. The standard InChI is InChI=1S/C20H22F6N2O2/c1-9-5-15(27)13(17(3,29)19(21,22)23)7-11(9)12-8-14(16(28)6-10(12)2)18(4,30)20(24,25)26/h5-8,29-30H,27-28H2,1-4H3. The summed E-state index contributed by atoms with van der Waals surface area (Å²) in [6.07, 6.45) is -10.1. The first kappa shape index (κ1) is 23.8. The van der Waals surface area contributed by atoms with Gasteiger partial charge in [0.25, 0.3) is 0 Å². The van der Waals surface area contributed by atoms with Gasteiger partial charge < -0.3 is 21.7 Å². The lowest BCUT2D eigenvalue weighted by molar-refractivity contribution is -0.258. The van der Waals surface area contributed by atoms with Crippen LogP contribution in [0.5, 0.6) is 0 Å². The molecule has 2 aromatic rings. The number of hydrogen-bond donors (Lipinski definition) is 4. The molecule has 0 aromatic heterocycles. The quantitative estimate of drug-likeness (QED) is 0.416. The first-order valence-corrected chi connectivity index (χ1v) is 8.72. The number of rotatable bonds is 3. The molecule has 0 fully saturated rings. The lowest BCUT2D eigenvalue weighted by atomic mass is 9.84. The van der Waals surface area contributed by atoms with Crippen molar-refractivity contribution >= 4 is 11.4 Å². The van der Waals surface area contributed by atoms with Crippen molar-refractivity contribution in [1.29, 1.82) is 0 Å². The summed E-state index contributed by atoms with van der Waals surface area (Å²) in [5.41, 5.74) is 3.83. The first-order valence-electron chi connectivity index (χ1n) is 8.72. The molecule has 2 unspecified atom stereocenters. The fraction of sp³-hybridized carbons (Fsp3) is 0.400. The van der Waals surface area contributed by atoms with E-state index in [-0.39, 0.29) is 22.5 Å². The van der Waals surface area contributed by atoms with Crippen LogP contribution in [-0.2, 0) is 11.2 Å². The predicted molar refractivity (Wildman–Crippen MR) is 101 cm³/mol. The topological polar surface area (TPSA) is 92.5 Å². The molecular weight excluding hydrogens is 414 g/mol. The number of nitrogens with two attached hydrogens (primary N) is 2. The molecule has 2 rings (SSSR count). The molecule has 0 spiro atoms. The van der Waals surface area contributed by atoms with Gasteiger partial charge in [-0.25, -0.2) is 0 Å². The van der Waals surface area contributed by atoms with Crippen LogP contribution in [0.1, 0.15) is 36.1 Å². The molecule has 2 atom stereocenters. The molecule has 0 bridgehead atoms. The largest absolute Gasteiger partial charge is 0.421 e. The molecule has 0 aliphatic carbocycles. The van der Waals surface area contributed by atoms with E-state index in [1.807, 2.05) is 0 Å². The SMILES string of the molecule is Cc1cc(N)c(C(C)(O)C(F)(F)F)cc1-c1cc(C(C)(O)C(F)(F)F)c(N)cc1C. The Morgan fingerprint density at radius 3 is 1.13 bits per heavy atom. The Morgan fingerprint density at radius 1 is 0.633 bits per heavy atom. The number of aryl methyl sites for hydroxylation is 2. The summed E-state index contributed by atoms with van der Waals surface area (Å²) in [5, 5.41) is 20.1. The molecule has 0 saturated carbocycles. The average molecular weight is 436 g/mol. The lowest BCUT2D eigenvalue weighted by Crippen LogP contribution is -2.40. The highest BCUT2D eigenvalue weighted by atomic mass is 19.4. The summed E-state index contributed by atoms with van der Waals surface area (Å²) in [4.78, 5) is 0. The summed E-state index contributed by atoms with van der Waals surface area (Å²) >= 11 is 0. The fourth-order valence-corrected chi connectivity index (χ4v) is 3.19. The normalized spacial score (nSPS) is 16.8. The van der Waals surface area contributed by atoms with Gasteiger partial charge in [0.15, 0.2) is 11.2 Å². The van der Waals surface area contributed by atoms with Gasteiger partial charge in [-0.05, 0) is 74.2 Å². The Morgan fingerprint density at radius 2 is 0.900 bits per heavy atom. The predicted octanol–water partition coefficient (Wildman–Crippen LogP) is 4.67. The molecule has 0 saturated heterocycles. The van der Waals surface area contributed by atoms with Gasteiger partial charge in [-0.3, -0.25) is 0 Å². The zero-order valence-electron chi connectivity index (χ0n) is 16.6. The van der Waals surface area contributed by atoms with E-state index in [1.165, 1.54) is 26.0 Å². The maximum atomic E-state index is 13.3. The molecule has 4 nitrogen and oxygen atoms in total. The third-order valence-corrected chi connectivity index (χ3v) is 5.24. The molecule has 0 aliphatic rings. The van der Waals surface area contributed by atoms with Crippen LogP contribution < -0.4 is 11.5 Å². The minimum Gasteiger partial charge on any atom is -0.398 e. The molecule has 0 amide bonds. The van der Waals surface area contributed by atoms with Gasteiger partial charge in [0.2, 0.25) is 0 Å². The number of alkyl halides is 6. The second-order valence-electron chi connectivity index (χ2n) is 7.65. The smallest absolute Gasteiger partial charge is 0.398 e. The Kier molecular flexibility index (Phi) is 5.60. The molecule has 6 N–H and O–H groups in total. The minimum absolute atomic E-state index is 0.112. The number of halogens is 6. The number of benzene rings is 2. The van der Waals surface area contributed by atoms with E-state index < -0.39 is 34.7 Å². The fourth-order valence-electron chi connectivity index (χ4n) is 3.19. The first-order chi connectivity index (χ1) is 13.3. The Balaban J connectivity index is 2.83. The maximum absolute atomic E-state index is 13.3. The highest BCUT2D eigenvalue weighted by Gasteiger charge is 2.53. The van der Waals surface area contributed by atoms with Crippen LogP contribution in [0, 0.1) is 13.8 Å². The number of anilines is 2. The summed E-state index contributed by atoms with van der Waals surface area (Å²) in [7, 11) is 0. The third-order valence-electron chi connectivity index (χ3n) is 5.24. The highest BCUT2D eigenvalue weighted by molar-refractivity contribution is 5.77. The van der Waals surface area contributed by atoms with Gasteiger partial charge in [0.1, 0.15) is 0 Å².